The molecule has 0 atom stereocenters. The van der Waals surface area contributed by atoms with Crippen LogP contribution in [0.15, 0.2) is 57.8 Å². The van der Waals surface area contributed by atoms with Crippen LogP contribution < -0.4 is 14.4 Å². The Morgan fingerprint density at radius 1 is 1.16 bits per heavy atom. The molecule has 31 heavy (non-hydrogen) atoms. The van der Waals surface area contributed by atoms with E-state index in [0.29, 0.717) is 16.7 Å². The molecule has 0 aliphatic rings. The molecule has 3 rings (SSSR count). The van der Waals surface area contributed by atoms with E-state index in [1.165, 1.54) is 35.2 Å². The van der Waals surface area contributed by atoms with Crippen molar-refractivity contribution in [3.05, 3.63) is 54.3 Å². The minimum Gasteiger partial charge on any atom is -0.494 e. The second-order valence-corrected chi connectivity index (χ2v) is 9.91. The molecule has 0 saturated heterocycles. The van der Waals surface area contributed by atoms with Crippen LogP contribution >= 0.6 is 23.1 Å². The molecular formula is C19H19FN4O4S3. The third-order valence-electron chi connectivity index (χ3n) is 3.95. The van der Waals surface area contributed by atoms with E-state index >= 15 is 0 Å². The number of anilines is 2. The van der Waals surface area contributed by atoms with Crippen molar-refractivity contribution in [2.24, 2.45) is 0 Å². The monoisotopic (exact) mass is 482 g/mol. The summed E-state index contributed by atoms with van der Waals surface area (Å²) < 4.78 is 46.8. The summed E-state index contributed by atoms with van der Waals surface area (Å²) >= 11 is 2.56. The highest BCUT2D eigenvalue weighted by Gasteiger charge is 2.27. The Morgan fingerprint density at radius 3 is 2.42 bits per heavy atom. The molecule has 3 aromatic rings. The smallest absolute Gasteiger partial charge is 0.264 e. The molecule has 12 heteroatoms. The van der Waals surface area contributed by atoms with Crippen LogP contribution in [0.25, 0.3) is 0 Å². The first-order chi connectivity index (χ1) is 14.8. The van der Waals surface area contributed by atoms with Crippen molar-refractivity contribution in [3.8, 4) is 5.75 Å². The molecule has 0 aliphatic carbocycles. The second-order valence-electron chi connectivity index (χ2n) is 6.02. The molecule has 1 heterocycles. The lowest BCUT2D eigenvalue weighted by molar-refractivity contribution is -0.114. The number of carbonyl (C=O) groups excluding carboxylic acids is 1. The van der Waals surface area contributed by atoms with Gasteiger partial charge in [-0.3, -0.25) is 14.4 Å². The van der Waals surface area contributed by atoms with E-state index in [-0.39, 0.29) is 15.7 Å². The number of nitrogens with zero attached hydrogens (tertiary/aromatic N) is 3. The zero-order valence-electron chi connectivity index (χ0n) is 16.6. The summed E-state index contributed by atoms with van der Waals surface area (Å²) in [5.41, 5.74) is 0.255. The number of benzene rings is 2. The Labute approximate surface area is 187 Å². The fraction of sp³-hybridized carbons (Fsp3) is 0.211. The van der Waals surface area contributed by atoms with Gasteiger partial charge in [0.15, 0.2) is 4.34 Å². The number of sulfonamides is 1. The standard InChI is InChI=1S/C19H19FN4O4S3/c1-3-28-15-8-6-14(7-9-15)24(31(26,27)16-10-4-13(20)5-11-16)12-17(25)21-18-22-23-19(29-2)30-18/h4-11H,3,12H2,1-2H3,(H,21,22,25). The van der Waals surface area contributed by atoms with E-state index < -0.39 is 28.3 Å². The molecule has 8 nitrogen and oxygen atoms in total. The van der Waals surface area contributed by atoms with Gasteiger partial charge in [-0.2, -0.15) is 0 Å². The fourth-order valence-corrected chi connectivity index (χ4v) is 5.16. The number of halogens is 1. The minimum atomic E-state index is -4.15. The van der Waals surface area contributed by atoms with Gasteiger partial charge in [0.05, 0.1) is 17.2 Å². The van der Waals surface area contributed by atoms with Crippen LogP contribution in [0, 0.1) is 5.82 Å². The lowest BCUT2D eigenvalue weighted by Gasteiger charge is -2.24. The summed E-state index contributed by atoms with van der Waals surface area (Å²) in [5.74, 6) is -0.596. The van der Waals surface area contributed by atoms with Gasteiger partial charge in [0.25, 0.3) is 10.0 Å². The third-order valence-corrected chi connectivity index (χ3v) is 7.55. The van der Waals surface area contributed by atoms with Crippen LogP contribution in [0.3, 0.4) is 0 Å². The second kappa shape index (κ2) is 10.1. The molecule has 0 fully saturated rings. The number of carbonyl (C=O) groups is 1. The topological polar surface area (TPSA) is 101 Å². The summed E-state index contributed by atoms with van der Waals surface area (Å²) in [6.07, 6.45) is 1.83. The summed E-state index contributed by atoms with van der Waals surface area (Å²) in [6.45, 7) is 1.78. The van der Waals surface area contributed by atoms with Gasteiger partial charge in [0.2, 0.25) is 11.0 Å². The van der Waals surface area contributed by atoms with Crippen LogP contribution in [0.5, 0.6) is 5.75 Å². The molecule has 2 aromatic carbocycles. The van der Waals surface area contributed by atoms with Crippen molar-refractivity contribution in [3.63, 3.8) is 0 Å². The Balaban J connectivity index is 1.91. The molecule has 0 radical (unpaired) electrons. The first-order valence-electron chi connectivity index (χ1n) is 9.02. The molecule has 1 aromatic heterocycles. The average Bonchev–Trinajstić information content (AvgIpc) is 3.20. The van der Waals surface area contributed by atoms with Gasteiger partial charge < -0.3 is 4.74 Å². The molecule has 0 bridgehead atoms. The van der Waals surface area contributed by atoms with E-state index in [1.807, 2.05) is 13.2 Å². The van der Waals surface area contributed by atoms with Gasteiger partial charge in [-0.05, 0) is 61.7 Å². The van der Waals surface area contributed by atoms with Gasteiger partial charge in [-0.25, -0.2) is 12.8 Å². The number of amides is 1. The van der Waals surface area contributed by atoms with Gasteiger partial charge in [0, 0.05) is 0 Å². The van der Waals surface area contributed by atoms with E-state index in [2.05, 4.69) is 15.5 Å². The first kappa shape index (κ1) is 23.0. The van der Waals surface area contributed by atoms with Crippen molar-refractivity contribution in [1.29, 1.82) is 0 Å². The summed E-state index contributed by atoms with van der Waals surface area (Å²) in [5, 5.41) is 10.6. The van der Waals surface area contributed by atoms with Crippen LogP contribution in [-0.4, -0.2) is 43.9 Å². The maximum absolute atomic E-state index is 13.3. The number of hydrogen-bond donors (Lipinski definition) is 1. The molecule has 1 N–H and O–H groups in total. The molecule has 0 unspecified atom stereocenters. The van der Waals surface area contributed by atoms with Crippen molar-refractivity contribution < 1.29 is 22.3 Å². The zero-order chi connectivity index (χ0) is 22.4. The predicted octanol–water partition coefficient (Wildman–Crippen LogP) is 3.63. The van der Waals surface area contributed by atoms with Gasteiger partial charge >= 0.3 is 0 Å². The predicted molar refractivity (Wildman–Crippen MR) is 119 cm³/mol. The number of thioether (sulfide) groups is 1. The summed E-state index contributed by atoms with van der Waals surface area (Å²) in [7, 11) is -4.15. The highest BCUT2D eigenvalue weighted by atomic mass is 32.2. The minimum absolute atomic E-state index is 0.142. The molecule has 0 aliphatic heterocycles. The molecule has 0 saturated carbocycles. The molecular weight excluding hydrogens is 463 g/mol. The zero-order valence-corrected chi connectivity index (χ0v) is 19.1. The SMILES string of the molecule is CCOc1ccc(N(CC(=O)Nc2nnc(SC)s2)S(=O)(=O)c2ccc(F)cc2)cc1. The first-order valence-corrected chi connectivity index (χ1v) is 12.5. The van der Waals surface area contributed by atoms with Crippen molar-refractivity contribution >= 4 is 49.8 Å². The summed E-state index contributed by atoms with van der Waals surface area (Å²) in [6, 6.07) is 10.7. The van der Waals surface area contributed by atoms with Gasteiger partial charge in [-0.1, -0.05) is 23.1 Å². The molecule has 164 valence electrons. The Hall–Kier alpha value is -2.70. The number of hydrogen-bond acceptors (Lipinski definition) is 8. The van der Waals surface area contributed by atoms with Crippen molar-refractivity contribution in [2.75, 3.05) is 29.0 Å². The van der Waals surface area contributed by atoms with E-state index in [1.54, 1.807) is 12.1 Å². The Bertz CT molecular complexity index is 1140. The van der Waals surface area contributed by atoms with E-state index in [4.69, 9.17) is 4.74 Å². The fourth-order valence-electron chi connectivity index (χ4n) is 2.56. The maximum atomic E-state index is 13.3. The summed E-state index contributed by atoms with van der Waals surface area (Å²) in [4.78, 5) is 12.5. The van der Waals surface area contributed by atoms with E-state index in [0.717, 1.165) is 28.6 Å². The normalized spacial score (nSPS) is 11.2. The van der Waals surface area contributed by atoms with Gasteiger partial charge in [-0.15, -0.1) is 10.2 Å². The number of ether oxygens (including phenoxy) is 1. The molecule has 0 spiro atoms. The van der Waals surface area contributed by atoms with Crippen LogP contribution in [0.4, 0.5) is 15.2 Å². The van der Waals surface area contributed by atoms with Crippen LogP contribution in [0.2, 0.25) is 0 Å². The lowest BCUT2D eigenvalue weighted by Crippen LogP contribution is -2.38. The Morgan fingerprint density at radius 2 is 1.84 bits per heavy atom. The van der Waals surface area contributed by atoms with Crippen LogP contribution in [0.1, 0.15) is 6.92 Å². The third kappa shape index (κ3) is 5.71. The molecule has 1 amide bonds. The average molecular weight is 483 g/mol. The largest absolute Gasteiger partial charge is 0.494 e. The van der Waals surface area contributed by atoms with Crippen LogP contribution in [-0.2, 0) is 14.8 Å². The van der Waals surface area contributed by atoms with Crippen molar-refractivity contribution in [2.45, 2.75) is 16.2 Å². The van der Waals surface area contributed by atoms with E-state index in [9.17, 15) is 17.6 Å². The lowest BCUT2D eigenvalue weighted by atomic mass is 10.3. The highest BCUT2D eigenvalue weighted by Crippen LogP contribution is 2.27. The number of nitrogens with one attached hydrogen (secondary N) is 1. The highest BCUT2D eigenvalue weighted by molar-refractivity contribution is 8.00. The van der Waals surface area contributed by atoms with Crippen molar-refractivity contribution in [1.82, 2.24) is 10.2 Å². The quantitative estimate of drug-likeness (QED) is 0.367. The number of aromatic nitrogens is 2. The Kier molecular flexibility index (Phi) is 7.46. The van der Waals surface area contributed by atoms with Gasteiger partial charge in [0.1, 0.15) is 18.1 Å². The maximum Gasteiger partial charge on any atom is 0.264 e. The number of rotatable bonds is 9.